The van der Waals surface area contributed by atoms with Crippen LogP contribution in [0, 0.1) is 28.6 Å². The van der Waals surface area contributed by atoms with Gasteiger partial charge in [-0.25, -0.2) is 0 Å². The number of nitrogens with two attached hydrogens (primary N) is 1. The van der Waals surface area contributed by atoms with Crippen molar-refractivity contribution in [2.24, 2.45) is 11.7 Å². The van der Waals surface area contributed by atoms with Crippen molar-refractivity contribution < 1.29 is 14.2 Å². The molecule has 2 heterocycles. The molecule has 0 radical (unpaired) electrons. The van der Waals surface area contributed by atoms with Crippen LogP contribution in [0.25, 0.3) is 5.57 Å². The van der Waals surface area contributed by atoms with E-state index in [1.165, 1.54) is 0 Å². The second-order valence-electron chi connectivity index (χ2n) is 7.85. The van der Waals surface area contributed by atoms with Crippen LogP contribution >= 0.6 is 11.8 Å². The van der Waals surface area contributed by atoms with Gasteiger partial charge in [0.25, 0.3) is 0 Å². The molecule has 1 aromatic rings. The fraction of sp³-hybridized carbons (Fsp3) is 0.440. The molecule has 2 N–H and O–H groups in total. The Kier molecular flexibility index (Phi) is 8.81. The zero-order valence-corrected chi connectivity index (χ0v) is 19.4. The van der Waals surface area contributed by atoms with Gasteiger partial charge in [0.1, 0.15) is 24.0 Å². The normalized spacial score (nSPS) is 20.5. The minimum atomic E-state index is 0.0708. The third-order valence-corrected chi connectivity index (χ3v) is 6.63. The Morgan fingerprint density at radius 2 is 1.88 bits per heavy atom. The van der Waals surface area contributed by atoms with E-state index in [9.17, 15) is 10.5 Å². The van der Waals surface area contributed by atoms with Crippen molar-refractivity contribution in [2.45, 2.75) is 32.8 Å². The van der Waals surface area contributed by atoms with Gasteiger partial charge in [-0.2, -0.15) is 10.5 Å². The Morgan fingerprint density at radius 1 is 1.16 bits per heavy atom. The monoisotopic (exact) mass is 451 g/mol. The summed E-state index contributed by atoms with van der Waals surface area (Å²) in [4.78, 5) is 0.873. The standard InChI is InChI=1S/C25H29N3O3S/c1-3-4-24(32-16-18-9-10-29-13-18)23(12-27)25(22(11-26)17(2)28)19-5-7-20(8-6-19)31-21-14-30-15-21/h4-8,18,21H,3,9-10,13-16,28H2,1-2H3/b22-17+,24-4-,25-23-. The Morgan fingerprint density at radius 3 is 2.38 bits per heavy atom. The van der Waals surface area contributed by atoms with Gasteiger partial charge in [0.05, 0.1) is 31.0 Å². The first-order valence-electron chi connectivity index (χ1n) is 10.8. The van der Waals surface area contributed by atoms with Crippen LogP contribution in [0.5, 0.6) is 5.75 Å². The van der Waals surface area contributed by atoms with Crippen LogP contribution in [-0.4, -0.2) is 38.3 Å². The number of hydrogen-bond acceptors (Lipinski definition) is 7. The predicted octanol–water partition coefficient (Wildman–Crippen LogP) is 4.56. The van der Waals surface area contributed by atoms with Crippen molar-refractivity contribution in [1.29, 1.82) is 10.5 Å². The maximum atomic E-state index is 10.2. The number of benzene rings is 1. The molecule has 7 heteroatoms. The smallest absolute Gasteiger partial charge is 0.145 e. The first-order chi connectivity index (χ1) is 15.6. The second kappa shape index (κ2) is 11.8. The third-order valence-electron chi connectivity index (χ3n) is 5.31. The number of ether oxygens (including phenoxy) is 3. The van der Waals surface area contributed by atoms with Crippen molar-refractivity contribution >= 4 is 17.3 Å². The van der Waals surface area contributed by atoms with E-state index in [0.717, 1.165) is 48.0 Å². The molecule has 2 aliphatic rings. The van der Waals surface area contributed by atoms with Gasteiger partial charge in [-0.05, 0) is 43.4 Å². The molecule has 0 bridgehead atoms. The highest BCUT2D eigenvalue weighted by Gasteiger charge is 2.23. The summed E-state index contributed by atoms with van der Waals surface area (Å²) < 4.78 is 16.5. The molecule has 168 valence electrons. The highest BCUT2D eigenvalue weighted by Crippen LogP contribution is 2.37. The quantitative estimate of drug-likeness (QED) is 0.434. The average molecular weight is 452 g/mol. The number of thioether (sulfide) groups is 1. The topological polar surface area (TPSA) is 101 Å². The van der Waals surface area contributed by atoms with Crippen LogP contribution in [0.1, 0.15) is 32.3 Å². The first-order valence-corrected chi connectivity index (χ1v) is 11.8. The molecule has 0 aliphatic carbocycles. The van der Waals surface area contributed by atoms with Crippen LogP contribution in [0.15, 0.2) is 52.1 Å². The number of rotatable bonds is 9. The molecule has 0 aromatic heterocycles. The minimum Gasteiger partial charge on any atom is -0.486 e. The lowest BCUT2D eigenvalue weighted by Crippen LogP contribution is -2.38. The van der Waals surface area contributed by atoms with Gasteiger partial charge in [-0.1, -0.05) is 25.1 Å². The summed E-state index contributed by atoms with van der Waals surface area (Å²) in [6.45, 7) is 6.46. The summed E-state index contributed by atoms with van der Waals surface area (Å²) in [7, 11) is 0. The van der Waals surface area contributed by atoms with Crippen molar-refractivity contribution in [3.8, 4) is 17.9 Å². The van der Waals surface area contributed by atoms with Crippen molar-refractivity contribution in [3.05, 3.63) is 57.7 Å². The lowest BCUT2D eigenvalue weighted by molar-refractivity contribution is -0.0796. The molecule has 6 nitrogen and oxygen atoms in total. The third kappa shape index (κ3) is 5.95. The van der Waals surface area contributed by atoms with Crippen LogP contribution in [0.4, 0.5) is 0 Å². The van der Waals surface area contributed by atoms with Gasteiger partial charge >= 0.3 is 0 Å². The van der Waals surface area contributed by atoms with Crippen LogP contribution < -0.4 is 10.5 Å². The number of allylic oxidation sites excluding steroid dienone is 5. The van der Waals surface area contributed by atoms with E-state index in [0.29, 0.717) is 41.5 Å². The Hall–Kier alpha value is -2.71. The minimum absolute atomic E-state index is 0.0708. The molecule has 0 amide bonds. The molecule has 1 aromatic carbocycles. The molecular formula is C25H29N3O3S. The SMILES string of the molecule is CC/C=C(SCC1CCOC1)/C(C#N)=C(\C(C#N)=C(/C)N)c1ccc(OC2COC2)cc1. The van der Waals surface area contributed by atoms with Crippen molar-refractivity contribution in [2.75, 3.05) is 32.2 Å². The van der Waals surface area contributed by atoms with E-state index in [-0.39, 0.29) is 6.10 Å². The van der Waals surface area contributed by atoms with E-state index < -0.39 is 0 Å². The molecule has 1 unspecified atom stereocenters. The van der Waals surface area contributed by atoms with Crippen molar-refractivity contribution in [1.82, 2.24) is 0 Å². The highest BCUT2D eigenvalue weighted by atomic mass is 32.2. The summed E-state index contributed by atoms with van der Waals surface area (Å²) in [5, 5.41) is 20.1. The molecule has 2 fully saturated rings. The second-order valence-corrected chi connectivity index (χ2v) is 8.91. The number of nitriles is 2. The van der Waals surface area contributed by atoms with Crippen LogP contribution in [0.2, 0.25) is 0 Å². The van der Waals surface area contributed by atoms with Gasteiger partial charge in [0.2, 0.25) is 0 Å². The summed E-state index contributed by atoms with van der Waals surface area (Å²) in [6.07, 6.45) is 3.93. The largest absolute Gasteiger partial charge is 0.486 e. The Bertz CT molecular complexity index is 969. The Balaban J connectivity index is 2.00. The number of hydrogen-bond donors (Lipinski definition) is 1. The molecule has 0 spiro atoms. The maximum absolute atomic E-state index is 10.2. The van der Waals surface area contributed by atoms with Gasteiger partial charge in [0, 0.05) is 28.5 Å². The molecule has 2 saturated heterocycles. The average Bonchev–Trinajstić information content (AvgIpc) is 3.28. The first kappa shape index (κ1) is 23.9. The molecule has 1 atom stereocenters. The lowest BCUT2D eigenvalue weighted by Gasteiger charge is -2.26. The Labute approximate surface area is 194 Å². The zero-order valence-electron chi connectivity index (χ0n) is 18.6. The predicted molar refractivity (Wildman–Crippen MR) is 126 cm³/mol. The molecular weight excluding hydrogens is 422 g/mol. The summed E-state index contributed by atoms with van der Waals surface area (Å²) in [6, 6.07) is 12.0. The molecule has 2 aliphatic heterocycles. The van der Waals surface area contributed by atoms with Gasteiger partial charge in [0.15, 0.2) is 0 Å². The lowest BCUT2D eigenvalue weighted by atomic mass is 9.92. The van der Waals surface area contributed by atoms with Crippen LogP contribution in [0.3, 0.4) is 0 Å². The summed E-state index contributed by atoms with van der Waals surface area (Å²) in [5.74, 6) is 2.07. The molecule has 32 heavy (non-hydrogen) atoms. The van der Waals surface area contributed by atoms with Crippen molar-refractivity contribution in [3.63, 3.8) is 0 Å². The zero-order chi connectivity index (χ0) is 22.9. The van der Waals surface area contributed by atoms with E-state index in [1.54, 1.807) is 18.7 Å². The van der Waals surface area contributed by atoms with E-state index >= 15 is 0 Å². The van der Waals surface area contributed by atoms with Crippen LogP contribution in [-0.2, 0) is 9.47 Å². The fourth-order valence-corrected chi connectivity index (χ4v) is 4.76. The van der Waals surface area contributed by atoms with Gasteiger partial charge in [-0.15, -0.1) is 11.8 Å². The van der Waals surface area contributed by atoms with Gasteiger partial charge < -0.3 is 19.9 Å². The van der Waals surface area contributed by atoms with E-state index in [4.69, 9.17) is 19.9 Å². The highest BCUT2D eigenvalue weighted by molar-refractivity contribution is 8.03. The van der Waals surface area contributed by atoms with E-state index in [2.05, 4.69) is 12.1 Å². The van der Waals surface area contributed by atoms with E-state index in [1.807, 2.05) is 37.3 Å². The fourth-order valence-electron chi connectivity index (χ4n) is 3.50. The molecule has 0 saturated carbocycles. The molecule has 3 rings (SSSR count). The number of nitrogens with zero attached hydrogens (tertiary/aromatic N) is 2. The summed E-state index contributed by atoms with van der Waals surface area (Å²) >= 11 is 1.65. The maximum Gasteiger partial charge on any atom is 0.145 e. The summed E-state index contributed by atoms with van der Waals surface area (Å²) in [5.41, 5.74) is 8.56. The van der Waals surface area contributed by atoms with Gasteiger partial charge in [-0.3, -0.25) is 0 Å².